The fourth-order valence-corrected chi connectivity index (χ4v) is 2.63. The zero-order chi connectivity index (χ0) is 13.7. The Labute approximate surface area is 119 Å². The minimum Gasteiger partial charge on any atom is -0.326 e. The monoisotopic (exact) mass is 280 g/mol. The predicted molar refractivity (Wildman–Crippen MR) is 79.5 cm³/mol. The van der Waals surface area contributed by atoms with E-state index in [4.69, 9.17) is 11.6 Å². The molecule has 1 fully saturated rings. The summed E-state index contributed by atoms with van der Waals surface area (Å²) in [7, 11) is 0. The second kappa shape index (κ2) is 6.92. The van der Waals surface area contributed by atoms with Crippen LogP contribution in [-0.2, 0) is 4.79 Å². The minimum atomic E-state index is 0.0700. The highest BCUT2D eigenvalue weighted by Gasteiger charge is 2.16. The maximum Gasteiger partial charge on any atom is 0.225 e. The number of nitrogens with one attached hydrogen (secondary N) is 1. The van der Waals surface area contributed by atoms with E-state index in [-0.39, 0.29) is 5.91 Å². The van der Waals surface area contributed by atoms with Crippen molar-refractivity contribution in [3.8, 4) is 0 Å². The molecule has 1 amide bonds. The number of amides is 1. The van der Waals surface area contributed by atoms with Gasteiger partial charge in [0.2, 0.25) is 5.91 Å². The van der Waals surface area contributed by atoms with E-state index in [9.17, 15) is 4.79 Å². The molecule has 0 bridgehead atoms. The molecule has 1 aliphatic heterocycles. The normalized spacial score (nSPS) is 20.2. The standard InChI is InChI=1S/C15H21ClN2O/c1-12-3-2-9-18(11-12)10-8-15(19)17-14-6-4-13(16)5-7-14/h4-7,12H,2-3,8-11H2,1H3,(H,17,19)/t12-/m1/s1. The maximum absolute atomic E-state index is 11.9. The Hall–Kier alpha value is -1.06. The third-order valence-corrected chi connectivity index (χ3v) is 3.78. The second-order valence-corrected chi connectivity index (χ2v) is 5.79. The highest BCUT2D eigenvalue weighted by Crippen LogP contribution is 2.16. The van der Waals surface area contributed by atoms with E-state index >= 15 is 0 Å². The van der Waals surface area contributed by atoms with Crippen molar-refractivity contribution in [2.24, 2.45) is 5.92 Å². The van der Waals surface area contributed by atoms with Crippen LogP contribution in [0.15, 0.2) is 24.3 Å². The summed E-state index contributed by atoms with van der Waals surface area (Å²) in [5, 5.41) is 3.58. The molecular formula is C15H21ClN2O. The molecule has 1 aromatic rings. The van der Waals surface area contributed by atoms with Gasteiger partial charge in [-0.15, -0.1) is 0 Å². The number of nitrogens with zero attached hydrogens (tertiary/aromatic N) is 1. The number of anilines is 1. The number of halogens is 1. The van der Waals surface area contributed by atoms with Gasteiger partial charge >= 0.3 is 0 Å². The lowest BCUT2D eigenvalue weighted by molar-refractivity contribution is -0.116. The van der Waals surface area contributed by atoms with Crippen molar-refractivity contribution in [2.75, 3.05) is 25.0 Å². The Morgan fingerprint density at radius 3 is 2.84 bits per heavy atom. The number of piperidine rings is 1. The average Bonchev–Trinajstić information content (AvgIpc) is 2.39. The van der Waals surface area contributed by atoms with Crippen molar-refractivity contribution in [3.63, 3.8) is 0 Å². The third-order valence-electron chi connectivity index (χ3n) is 3.52. The Kier molecular flexibility index (Phi) is 5.23. The number of carbonyl (C=O) groups is 1. The van der Waals surface area contributed by atoms with Crippen LogP contribution in [0.4, 0.5) is 5.69 Å². The fourth-order valence-electron chi connectivity index (χ4n) is 2.51. The van der Waals surface area contributed by atoms with Crippen LogP contribution < -0.4 is 5.32 Å². The zero-order valence-corrected chi connectivity index (χ0v) is 12.1. The van der Waals surface area contributed by atoms with Crippen molar-refractivity contribution >= 4 is 23.2 Å². The van der Waals surface area contributed by atoms with Gasteiger partial charge in [-0.3, -0.25) is 4.79 Å². The highest BCUT2D eigenvalue weighted by atomic mass is 35.5. The van der Waals surface area contributed by atoms with Gasteiger partial charge in [-0.1, -0.05) is 18.5 Å². The molecule has 2 rings (SSSR count). The van der Waals surface area contributed by atoms with Crippen LogP contribution in [0, 0.1) is 5.92 Å². The first-order valence-corrected chi connectivity index (χ1v) is 7.29. The third kappa shape index (κ3) is 4.84. The lowest BCUT2D eigenvalue weighted by Gasteiger charge is -2.30. The summed E-state index contributed by atoms with van der Waals surface area (Å²) in [5.41, 5.74) is 0.807. The summed E-state index contributed by atoms with van der Waals surface area (Å²) in [6.07, 6.45) is 3.11. The largest absolute Gasteiger partial charge is 0.326 e. The molecule has 0 saturated carbocycles. The van der Waals surface area contributed by atoms with Crippen LogP contribution in [0.3, 0.4) is 0 Å². The van der Waals surface area contributed by atoms with Crippen LogP contribution in [0.2, 0.25) is 5.02 Å². The fraction of sp³-hybridized carbons (Fsp3) is 0.533. The summed E-state index contributed by atoms with van der Waals surface area (Å²) in [5.74, 6) is 0.827. The van der Waals surface area contributed by atoms with Crippen LogP contribution in [0.5, 0.6) is 0 Å². The van der Waals surface area contributed by atoms with Crippen LogP contribution in [0.1, 0.15) is 26.2 Å². The van der Waals surface area contributed by atoms with E-state index in [1.165, 1.54) is 12.8 Å². The van der Waals surface area contributed by atoms with Gasteiger partial charge in [0.05, 0.1) is 0 Å². The molecule has 4 heteroatoms. The molecule has 104 valence electrons. The first-order valence-electron chi connectivity index (χ1n) is 6.91. The summed E-state index contributed by atoms with van der Waals surface area (Å²) >= 11 is 5.81. The maximum atomic E-state index is 11.9. The van der Waals surface area contributed by atoms with Crippen molar-refractivity contribution in [3.05, 3.63) is 29.3 Å². The van der Waals surface area contributed by atoms with Crippen LogP contribution >= 0.6 is 11.6 Å². The molecule has 1 N–H and O–H groups in total. The van der Waals surface area contributed by atoms with Crippen LogP contribution in [-0.4, -0.2) is 30.4 Å². The SMILES string of the molecule is C[C@@H]1CCCN(CCC(=O)Nc2ccc(Cl)cc2)C1. The molecule has 1 aliphatic rings. The Morgan fingerprint density at radius 1 is 1.42 bits per heavy atom. The molecule has 1 heterocycles. The smallest absolute Gasteiger partial charge is 0.225 e. The van der Waals surface area contributed by atoms with Crippen LogP contribution in [0.25, 0.3) is 0 Å². The Morgan fingerprint density at radius 2 is 2.16 bits per heavy atom. The predicted octanol–water partition coefficient (Wildman–Crippen LogP) is 3.40. The topological polar surface area (TPSA) is 32.3 Å². The number of hydrogen-bond donors (Lipinski definition) is 1. The van der Waals surface area contributed by atoms with Gasteiger partial charge in [0.25, 0.3) is 0 Å². The van der Waals surface area contributed by atoms with E-state index in [1.54, 1.807) is 12.1 Å². The minimum absolute atomic E-state index is 0.0700. The highest BCUT2D eigenvalue weighted by molar-refractivity contribution is 6.30. The van der Waals surface area contributed by atoms with Crippen molar-refractivity contribution < 1.29 is 4.79 Å². The van der Waals surface area contributed by atoms with Gasteiger partial charge in [-0.05, 0) is 49.6 Å². The van der Waals surface area contributed by atoms with Gasteiger partial charge < -0.3 is 10.2 Å². The molecule has 0 aliphatic carbocycles. The molecule has 3 nitrogen and oxygen atoms in total. The number of carbonyl (C=O) groups excluding carboxylic acids is 1. The lowest BCUT2D eigenvalue weighted by atomic mass is 10.0. The molecule has 0 radical (unpaired) electrons. The Bertz CT molecular complexity index is 419. The van der Waals surface area contributed by atoms with Gasteiger partial charge in [-0.2, -0.15) is 0 Å². The van der Waals surface area contributed by atoms with E-state index in [0.717, 1.165) is 31.2 Å². The van der Waals surface area contributed by atoms with Gasteiger partial charge in [0.15, 0.2) is 0 Å². The number of hydrogen-bond acceptors (Lipinski definition) is 2. The molecule has 1 saturated heterocycles. The summed E-state index contributed by atoms with van der Waals surface area (Å²) in [6.45, 7) is 5.37. The molecular weight excluding hydrogens is 260 g/mol. The van der Waals surface area contributed by atoms with Crippen molar-refractivity contribution in [2.45, 2.75) is 26.2 Å². The quantitative estimate of drug-likeness (QED) is 0.917. The van der Waals surface area contributed by atoms with Gasteiger partial charge in [0, 0.05) is 30.2 Å². The molecule has 1 aromatic carbocycles. The Balaban J connectivity index is 1.73. The lowest BCUT2D eigenvalue weighted by Crippen LogP contribution is -2.36. The van der Waals surface area contributed by atoms with Gasteiger partial charge in [0.1, 0.15) is 0 Å². The molecule has 0 aromatic heterocycles. The van der Waals surface area contributed by atoms with E-state index in [0.29, 0.717) is 11.4 Å². The van der Waals surface area contributed by atoms with E-state index < -0.39 is 0 Å². The number of likely N-dealkylation sites (tertiary alicyclic amines) is 1. The van der Waals surface area contributed by atoms with Crippen molar-refractivity contribution in [1.29, 1.82) is 0 Å². The molecule has 0 unspecified atom stereocenters. The van der Waals surface area contributed by atoms with E-state index in [1.807, 2.05) is 12.1 Å². The van der Waals surface area contributed by atoms with Gasteiger partial charge in [-0.25, -0.2) is 0 Å². The summed E-state index contributed by atoms with van der Waals surface area (Å²) < 4.78 is 0. The second-order valence-electron chi connectivity index (χ2n) is 5.35. The van der Waals surface area contributed by atoms with E-state index in [2.05, 4.69) is 17.1 Å². The molecule has 0 spiro atoms. The number of benzene rings is 1. The summed E-state index contributed by atoms with van der Waals surface area (Å²) in [4.78, 5) is 14.2. The molecule has 19 heavy (non-hydrogen) atoms. The average molecular weight is 281 g/mol. The summed E-state index contributed by atoms with van der Waals surface area (Å²) in [6, 6.07) is 7.21. The molecule has 1 atom stereocenters. The van der Waals surface area contributed by atoms with Crippen molar-refractivity contribution in [1.82, 2.24) is 4.90 Å². The first kappa shape index (κ1) is 14.4. The number of rotatable bonds is 4. The zero-order valence-electron chi connectivity index (χ0n) is 11.4. The first-order chi connectivity index (χ1) is 9.13.